The Kier molecular flexibility index (Phi) is 1.56. The highest BCUT2D eigenvalue weighted by Crippen LogP contribution is 2.33. The van der Waals surface area contributed by atoms with Crippen molar-refractivity contribution in [1.82, 2.24) is 10.3 Å². The summed E-state index contributed by atoms with van der Waals surface area (Å²) < 4.78 is 0. The Balaban J connectivity index is 1.93. The number of rotatable bonds is 1. The lowest BCUT2D eigenvalue weighted by Crippen LogP contribution is -2.20. The molecular weight excluding hydrogens is 160 g/mol. The number of hydrogen-bond acceptors (Lipinski definition) is 1. The van der Waals surface area contributed by atoms with Gasteiger partial charge in [-0.1, -0.05) is 6.08 Å². The molecule has 68 valence electrons. The highest BCUT2D eigenvalue weighted by atomic mass is 15.0. The summed E-state index contributed by atoms with van der Waals surface area (Å²) in [7, 11) is 0. The van der Waals surface area contributed by atoms with Crippen LogP contribution in [0.1, 0.15) is 18.4 Å². The molecule has 0 spiro atoms. The maximum absolute atomic E-state index is 3.55. The van der Waals surface area contributed by atoms with E-state index < -0.39 is 0 Å². The first kappa shape index (κ1) is 7.39. The molecule has 1 aromatic rings. The van der Waals surface area contributed by atoms with Crippen molar-refractivity contribution in [3.05, 3.63) is 30.1 Å². The third-order valence-electron chi connectivity index (χ3n) is 3.13. The molecule has 2 heteroatoms. The predicted octanol–water partition coefficient (Wildman–Crippen LogP) is 1.78. The second kappa shape index (κ2) is 2.74. The van der Waals surface area contributed by atoms with Crippen LogP contribution in [0.25, 0.3) is 5.57 Å². The van der Waals surface area contributed by atoms with Crippen molar-refractivity contribution in [3.63, 3.8) is 0 Å². The average molecular weight is 174 g/mol. The molecule has 13 heavy (non-hydrogen) atoms. The number of H-pyrrole nitrogens is 1. The molecule has 2 nitrogen and oxygen atoms in total. The molecule has 0 aromatic carbocycles. The monoisotopic (exact) mass is 174 g/mol. The van der Waals surface area contributed by atoms with Crippen LogP contribution >= 0.6 is 0 Å². The minimum Gasteiger partial charge on any atom is -0.367 e. The number of aromatic nitrogens is 1. The molecule has 1 fully saturated rings. The van der Waals surface area contributed by atoms with Crippen molar-refractivity contribution >= 4 is 5.57 Å². The summed E-state index contributed by atoms with van der Waals surface area (Å²) in [6.45, 7) is 1.18. The maximum atomic E-state index is 3.55. The number of aromatic amines is 1. The summed E-state index contributed by atoms with van der Waals surface area (Å²) in [5, 5.41) is 3.55. The fraction of sp³-hybridized carbons (Fsp3) is 0.455. The molecular formula is C11H14N2. The zero-order valence-electron chi connectivity index (χ0n) is 7.59. The summed E-state index contributed by atoms with van der Waals surface area (Å²) in [4.78, 5) is 3.12. The summed E-state index contributed by atoms with van der Waals surface area (Å²) in [5.74, 6) is 0.781. The number of nitrogens with one attached hydrogen (secondary N) is 2. The Morgan fingerprint density at radius 1 is 1.38 bits per heavy atom. The van der Waals surface area contributed by atoms with Crippen LogP contribution in [0, 0.1) is 5.92 Å². The van der Waals surface area contributed by atoms with Gasteiger partial charge >= 0.3 is 0 Å². The molecule has 2 aliphatic rings. The van der Waals surface area contributed by atoms with Gasteiger partial charge in [-0.25, -0.2) is 0 Å². The molecule has 1 aliphatic heterocycles. The van der Waals surface area contributed by atoms with E-state index >= 15 is 0 Å². The normalized spacial score (nSPS) is 31.8. The summed E-state index contributed by atoms with van der Waals surface area (Å²) in [5.41, 5.74) is 2.89. The lowest BCUT2D eigenvalue weighted by molar-refractivity contribution is 0.596. The van der Waals surface area contributed by atoms with Crippen molar-refractivity contribution in [3.8, 4) is 0 Å². The Labute approximate surface area is 78.0 Å². The third-order valence-corrected chi connectivity index (χ3v) is 3.13. The van der Waals surface area contributed by atoms with Crippen molar-refractivity contribution in [2.24, 2.45) is 5.92 Å². The van der Waals surface area contributed by atoms with E-state index in [1.54, 1.807) is 0 Å². The number of hydrogen-bond donors (Lipinski definition) is 2. The van der Waals surface area contributed by atoms with E-state index in [1.807, 2.05) is 6.20 Å². The Morgan fingerprint density at radius 3 is 3.15 bits per heavy atom. The first-order valence-corrected chi connectivity index (χ1v) is 4.99. The molecule has 3 rings (SSSR count). The van der Waals surface area contributed by atoms with Gasteiger partial charge in [-0.2, -0.15) is 0 Å². The Bertz CT molecular complexity index is 324. The van der Waals surface area contributed by atoms with E-state index in [4.69, 9.17) is 0 Å². The third kappa shape index (κ3) is 1.22. The van der Waals surface area contributed by atoms with E-state index in [2.05, 4.69) is 28.6 Å². The van der Waals surface area contributed by atoms with Gasteiger partial charge < -0.3 is 10.3 Å². The molecule has 2 unspecified atom stereocenters. The van der Waals surface area contributed by atoms with E-state index in [0.717, 1.165) is 12.0 Å². The number of fused-ring (bicyclic) bond motifs is 2. The zero-order chi connectivity index (χ0) is 8.67. The quantitative estimate of drug-likeness (QED) is 0.667. The molecule has 1 aromatic heterocycles. The van der Waals surface area contributed by atoms with Gasteiger partial charge in [-0.3, -0.25) is 0 Å². The largest absolute Gasteiger partial charge is 0.367 e. The first-order valence-electron chi connectivity index (χ1n) is 4.99. The first-order chi connectivity index (χ1) is 6.42. The van der Waals surface area contributed by atoms with Crippen molar-refractivity contribution in [1.29, 1.82) is 0 Å². The van der Waals surface area contributed by atoms with E-state index in [1.165, 1.54) is 30.5 Å². The van der Waals surface area contributed by atoms with Crippen LogP contribution in [-0.4, -0.2) is 17.6 Å². The zero-order valence-corrected chi connectivity index (χ0v) is 7.59. The second-order valence-corrected chi connectivity index (χ2v) is 4.10. The van der Waals surface area contributed by atoms with Crippen LogP contribution < -0.4 is 5.32 Å². The van der Waals surface area contributed by atoms with Gasteiger partial charge in [-0.05, 0) is 36.0 Å². The smallest absolute Gasteiger partial charge is 0.0114 e. The molecule has 1 aliphatic carbocycles. The van der Waals surface area contributed by atoms with E-state index in [0.29, 0.717) is 0 Å². The molecule has 1 saturated heterocycles. The summed E-state index contributed by atoms with van der Waals surface area (Å²) in [6.07, 6.45) is 9.08. The molecule has 0 saturated carbocycles. The minimum absolute atomic E-state index is 0.736. The standard InChI is InChI=1S/C11H14N2/c1-2-12-7-9(1)10-3-8-4-11(5-10)13-6-8/h1-3,7-8,11-13H,4-6H2. The Hall–Kier alpha value is -1.02. The lowest BCUT2D eigenvalue weighted by atomic mass is 9.88. The SMILES string of the molecule is C1=C(c2cc[nH]c2)CC2CC1CN2. The van der Waals surface area contributed by atoms with Crippen LogP contribution in [0.2, 0.25) is 0 Å². The lowest BCUT2D eigenvalue weighted by Gasteiger charge is -2.17. The fourth-order valence-corrected chi connectivity index (χ4v) is 2.49. The molecule has 2 atom stereocenters. The molecule has 0 amide bonds. The fourth-order valence-electron chi connectivity index (χ4n) is 2.49. The summed E-state index contributed by atoms with van der Waals surface area (Å²) >= 11 is 0. The van der Waals surface area contributed by atoms with E-state index in [-0.39, 0.29) is 0 Å². The van der Waals surface area contributed by atoms with Crippen molar-refractivity contribution in [2.75, 3.05) is 6.54 Å². The van der Waals surface area contributed by atoms with E-state index in [9.17, 15) is 0 Å². The van der Waals surface area contributed by atoms with Crippen LogP contribution in [0.3, 0.4) is 0 Å². The van der Waals surface area contributed by atoms with Crippen LogP contribution in [0.15, 0.2) is 24.5 Å². The topological polar surface area (TPSA) is 27.8 Å². The predicted molar refractivity (Wildman–Crippen MR) is 53.3 cm³/mol. The highest BCUT2D eigenvalue weighted by molar-refractivity contribution is 5.67. The van der Waals surface area contributed by atoms with Gasteiger partial charge in [0.05, 0.1) is 0 Å². The summed E-state index contributed by atoms with van der Waals surface area (Å²) in [6, 6.07) is 2.90. The van der Waals surface area contributed by atoms with Gasteiger partial charge in [0.15, 0.2) is 0 Å². The maximum Gasteiger partial charge on any atom is 0.0114 e. The highest BCUT2D eigenvalue weighted by Gasteiger charge is 2.28. The Morgan fingerprint density at radius 2 is 2.38 bits per heavy atom. The van der Waals surface area contributed by atoms with Crippen molar-refractivity contribution in [2.45, 2.75) is 18.9 Å². The second-order valence-electron chi connectivity index (χ2n) is 4.10. The van der Waals surface area contributed by atoms with Crippen LogP contribution in [0.5, 0.6) is 0 Å². The van der Waals surface area contributed by atoms with Gasteiger partial charge in [0, 0.05) is 25.0 Å². The van der Waals surface area contributed by atoms with Crippen LogP contribution in [-0.2, 0) is 0 Å². The molecule has 2 N–H and O–H groups in total. The molecule has 0 radical (unpaired) electrons. The molecule has 2 heterocycles. The molecule has 2 bridgehead atoms. The average Bonchev–Trinajstić information content (AvgIpc) is 2.75. The van der Waals surface area contributed by atoms with Gasteiger partial charge in [0.1, 0.15) is 0 Å². The van der Waals surface area contributed by atoms with Crippen LogP contribution in [0.4, 0.5) is 0 Å². The van der Waals surface area contributed by atoms with Gasteiger partial charge in [0.25, 0.3) is 0 Å². The minimum atomic E-state index is 0.736. The van der Waals surface area contributed by atoms with Gasteiger partial charge in [-0.15, -0.1) is 0 Å². The van der Waals surface area contributed by atoms with Gasteiger partial charge in [0.2, 0.25) is 0 Å². The van der Waals surface area contributed by atoms with Crippen molar-refractivity contribution < 1.29 is 0 Å².